The van der Waals surface area contributed by atoms with Crippen LogP contribution in [0.3, 0.4) is 0 Å². The molecule has 1 atom stereocenters. The minimum atomic E-state index is -0.898. The monoisotopic (exact) mass is 551 g/mol. The van der Waals surface area contributed by atoms with Crippen molar-refractivity contribution in [2.75, 3.05) is 13.2 Å². The van der Waals surface area contributed by atoms with E-state index < -0.39 is 28.5 Å². The topological polar surface area (TPSA) is 139 Å². The summed E-state index contributed by atoms with van der Waals surface area (Å²) in [5.74, 6) is -0.658. The number of nitro groups is 1. The number of hydrogen-bond acceptors (Lipinski definition) is 10. The normalized spacial score (nSPS) is 14.9. The lowest BCUT2D eigenvalue weighted by molar-refractivity contribution is -0.384. The molecule has 12 heteroatoms. The van der Waals surface area contributed by atoms with E-state index in [4.69, 9.17) is 14.2 Å². The lowest BCUT2D eigenvalue weighted by atomic mass is 9.95. The van der Waals surface area contributed by atoms with Crippen molar-refractivity contribution in [1.29, 1.82) is 0 Å². The smallest absolute Gasteiger partial charge is 0.338 e. The van der Waals surface area contributed by atoms with Gasteiger partial charge >= 0.3 is 11.9 Å². The maximum absolute atomic E-state index is 13.7. The number of rotatable bonds is 8. The van der Waals surface area contributed by atoms with Crippen molar-refractivity contribution in [2.45, 2.75) is 33.7 Å². The number of thiazole rings is 1. The first-order chi connectivity index (χ1) is 18.6. The summed E-state index contributed by atoms with van der Waals surface area (Å²) in [4.78, 5) is 53.8. The number of carbonyl (C=O) groups excluding carboxylic acids is 2. The van der Waals surface area contributed by atoms with E-state index in [0.717, 1.165) is 11.3 Å². The van der Waals surface area contributed by atoms with E-state index in [9.17, 15) is 24.5 Å². The predicted octanol–water partition coefficient (Wildman–Crippen LogP) is 3.03. The molecular weight excluding hydrogens is 526 g/mol. The minimum Gasteiger partial charge on any atom is -0.490 e. The van der Waals surface area contributed by atoms with Crippen LogP contribution in [0.1, 0.15) is 44.9 Å². The summed E-state index contributed by atoms with van der Waals surface area (Å²) >= 11 is 1.13. The van der Waals surface area contributed by atoms with Gasteiger partial charge in [-0.25, -0.2) is 9.79 Å². The summed E-state index contributed by atoms with van der Waals surface area (Å²) in [6.07, 6.45) is 1.61. The van der Waals surface area contributed by atoms with E-state index in [1.807, 2.05) is 0 Å². The first-order valence-corrected chi connectivity index (χ1v) is 12.9. The largest absolute Gasteiger partial charge is 0.490 e. The molecule has 0 saturated carbocycles. The molecule has 1 aliphatic heterocycles. The number of benzene rings is 2. The van der Waals surface area contributed by atoms with Gasteiger partial charge < -0.3 is 14.2 Å². The fraction of sp³-hybridized carbons (Fsp3) is 0.259. The molecule has 11 nitrogen and oxygen atoms in total. The van der Waals surface area contributed by atoms with E-state index in [2.05, 4.69) is 4.99 Å². The van der Waals surface area contributed by atoms with Crippen molar-refractivity contribution in [3.63, 3.8) is 0 Å². The quantitative estimate of drug-likeness (QED) is 0.180. The summed E-state index contributed by atoms with van der Waals surface area (Å²) < 4.78 is 18.0. The summed E-state index contributed by atoms with van der Waals surface area (Å²) in [6, 6.07) is 9.73. The highest BCUT2D eigenvalue weighted by Crippen LogP contribution is 2.36. The van der Waals surface area contributed by atoms with Crippen LogP contribution < -0.4 is 24.4 Å². The third kappa shape index (κ3) is 5.65. The average Bonchev–Trinajstić information content (AvgIpc) is 3.18. The van der Waals surface area contributed by atoms with Crippen molar-refractivity contribution < 1.29 is 28.7 Å². The Morgan fingerprint density at radius 1 is 1.13 bits per heavy atom. The third-order valence-electron chi connectivity index (χ3n) is 5.76. The molecule has 1 unspecified atom stereocenters. The lowest BCUT2D eigenvalue weighted by Crippen LogP contribution is -2.40. The minimum absolute atomic E-state index is 0.0642. The zero-order valence-corrected chi connectivity index (χ0v) is 22.4. The molecular formula is C27H25N3O8S. The molecule has 0 saturated heterocycles. The number of hydrogen-bond donors (Lipinski definition) is 0. The summed E-state index contributed by atoms with van der Waals surface area (Å²) in [5.41, 5.74) is 1.23. The van der Waals surface area contributed by atoms with Crippen molar-refractivity contribution >= 4 is 35.0 Å². The zero-order chi connectivity index (χ0) is 28.3. The molecule has 202 valence electrons. The van der Waals surface area contributed by atoms with Crippen LogP contribution in [0.4, 0.5) is 5.69 Å². The van der Waals surface area contributed by atoms with E-state index >= 15 is 0 Å². The molecule has 2 heterocycles. The van der Waals surface area contributed by atoms with Crippen molar-refractivity contribution in [1.82, 2.24) is 4.57 Å². The Hall–Kier alpha value is -4.58. The Morgan fingerprint density at radius 3 is 2.46 bits per heavy atom. The summed E-state index contributed by atoms with van der Waals surface area (Å²) in [7, 11) is 0. The van der Waals surface area contributed by atoms with Crippen LogP contribution in [0, 0.1) is 10.1 Å². The Balaban J connectivity index is 1.92. The molecule has 1 aliphatic rings. The number of nitrogens with zero attached hydrogens (tertiary/aromatic N) is 3. The summed E-state index contributed by atoms with van der Waals surface area (Å²) in [5, 5.41) is 11.0. The van der Waals surface area contributed by atoms with Crippen LogP contribution in [0.5, 0.6) is 11.5 Å². The fourth-order valence-electron chi connectivity index (χ4n) is 4.15. The number of fused-ring (bicyclic) bond motifs is 1. The Kier molecular flexibility index (Phi) is 8.05. The number of non-ortho nitro benzene ring substituents is 1. The molecule has 0 bridgehead atoms. The number of carbonyl (C=O) groups is 2. The molecule has 2 aromatic carbocycles. The van der Waals surface area contributed by atoms with Gasteiger partial charge in [-0.3, -0.25) is 24.3 Å². The summed E-state index contributed by atoms with van der Waals surface area (Å²) in [6.45, 7) is 6.82. The van der Waals surface area contributed by atoms with Gasteiger partial charge in [0.15, 0.2) is 16.3 Å². The second-order valence-electron chi connectivity index (χ2n) is 8.38. The van der Waals surface area contributed by atoms with Gasteiger partial charge in [0.2, 0.25) is 0 Å². The third-order valence-corrected chi connectivity index (χ3v) is 6.74. The number of allylic oxidation sites excluding steroid dienone is 1. The van der Waals surface area contributed by atoms with Crippen LogP contribution in [0.25, 0.3) is 6.08 Å². The number of ether oxygens (including phenoxy) is 3. The highest BCUT2D eigenvalue weighted by atomic mass is 32.1. The first-order valence-electron chi connectivity index (χ1n) is 12.0. The van der Waals surface area contributed by atoms with Gasteiger partial charge in [-0.15, -0.1) is 0 Å². The van der Waals surface area contributed by atoms with E-state index in [0.29, 0.717) is 26.2 Å². The Morgan fingerprint density at radius 2 is 1.85 bits per heavy atom. The van der Waals surface area contributed by atoms with Crippen LogP contribution in [0.2, 0.25) is 0 Å². The molecule has 1 aromatic heterocycles. The highest BCUT2D eigenvalue weighted by molar-refractivity contribution is 7.07. The van der Waals surface area contributed by atoms with Gasteiger partial charge in [-0.05, 0) is 62.2 Å². The van der Waals surface area contributed by atoms with Crippen LogP contribution in [-0.2, 0) is 14.3 Å². The van der Waals surface area contributed by atoms with Crippen molar-refractivity contribution in [2.24, 2.45) is 4.99 Å². The molecule has 0 aliphatic carbocycles. The predicted molar refractivity (Wildman–Crippen MR) is 142 cm³/mol. The van der Waals surface area contributed by atoms with Gasteiger partial charge in [-0.2, -0.15) is 0 Å². The van der Waals surface area contributed by atoms with Gasteiger partial charge in [0, 0.05) is 19.1 Å². The van der Waals surface area contributed by atoms with Crippen molar-refractivity contribution in [3.05, 3.63) is 94.7 Å². The van der Waals surface area contributed by atoms with Gasteiger partial charge in [0.1, 0.15) is 0 Å². The number of aromatic nitrogens is 1. The molecule has 0 spiro atoms. The maximum Gasteiger partial charge on any atom is 0.338 e. The Labute approximate surface area is 226 Å². The van der Waals surface area contributed by atoms with Crippen LogP contribution in [0.15, 0.2) is 63.5 Å². The number of nitro benzene ring substituents is 1. The first kappa shape index (κ1) is 27.5. The maximum atomic E-state index is 13.7. The van der Waals surface area contributed by atoms with E-state index in [-0.39, 0.29) is 36.0 Å². The number of esters is 2. The molecule has 4 rings (SSSR count). The van der Waals surface area contributed by atoms with Crippen molar-refractivity contribution in [3.8, 4) is 11.5 Å². The molecule has 0 fully saturated rings. The van der Waals surface area contributed by atoms with E-state index in [1.54, 1.807) is 57.2 Å². The lowest BCUT2D eigenvalue weighted by Gasteiger charge is -2.25. The van der Waals surface area contributed by atoms with Gasteiger partial charge in [-0.1, -0.05) is 17.4 Å². The molecule has 0 amide bonds. The van der Waals surface area contributed by atoms with Crippen LogP contribution in [-0.4, -0.2) is 34.6 Å². The second kappa shape index (κ2) is 11.4. The molecule has 0 radical (unpaired) electrons. The SMILES string of the molecule is CCOC(=O)C1=C(C)N=c2sc(=Cc3ccc([N+](=O)[O-])cc3)c(=O)n2C1c1ccc(OC(C)=O)c(OCC)c1. The molecule has 0 N–H and O–H groups in total. The van der Waals surface area contributed by atoms with E-state index in [1.165, 1.54) is 23.6 Å². The average molecular weight is 552 g/mol. The standard InChI is InChI=1S/C27H25N3O8S/c1-5-36-21-14-18(9-12-20(21)38-16(4)31)24-23(26(33)37-6-2)15(3)28-27-29(24)25(32)22(39-27)13-17-7-10-19(11-8-17)30(34)35/h7-14,24H,5-6H2,1-4H3. The molecule has 3 aromatic rings. The van der Waals surface area contributed by atoms with Gasteiger partial charge in [0.05, 0.1) is 40.0 Å². The zero-order valence-electron chi connectivity index (χ0n) is 21.6. The fourth-order valence-corrected chi connectivity index (χ4v) is 5.20. The molecule has 39 heavy (non-hydrogen) atoms. The second-order valence-corrected chi connectivity index (χ2v) is 9.39. The Bertz CT molecular complexity index is 1670. The van der Waals surface area contributed by atoms with Gasteiger partial charge in [0.25, 0.3) is 11.2 Å². The van der Waals surface area contributed by atoms with Crippen LogP contribution >= 0.6 is 11.3 Å². The highest BCUT2D eigenvalue weighted by Gasteiger charge is 2.34.